The molecule has 10 nitrogen and oxygen atoms in total. The number of amides is 1. The molecule has 0 atom stereocenters. The molecule has 0 saturated heterocycles. The number of methoxy groups -OCH3 is 1. The Hall–Kier alpha value is -4.08. The maximum atomic E-state index is 12.7. The monoisotopic (exact) mass is 391 g/mol. The molecule has 0 unspecified atom stereocenters. The number of nitrogens with zero attached hydrogens (tertiary/aromatic N) is 6. The smallest absolute Gasteiger partial charge is 0.255 e. The van der Waals surface area contributed by atoms with Crippen LogP contribution in [-0.4, -0.2) is 43.4 Å². The molecule has 2 heterocycles. The van der Waals surface area contributed by atoms with E-state index in [-0.39, 0.29) is 5.91 Å². The van der Waals surface area contributed by atoms with Crippen LogP contribution in [0.4, 0.5) is 5.69 Å². The molecule has 10 heteroatoms. The summed E-state index contributed by atoms with van der Waals surface area (Å²) in [5.74, 6) is 1.53. The third-order valence-electron chi connectivity index (χ3n) is 4.13. The summed E-state index contributed by atoms with van der Waals surface area (Å²) >= 11 is 0. The number of rotatable bonds is 5. The Bertz CT molecular complexity index is 1160. The van der Waals surface area contributed by atoms with E-state index in [0.717, 1.165) is 5.56 Å². The summed E-state index contributed by atoms with van der Waals surface area (Å²) in [7, 11) is 3.22. The predicted octanol–water partition coefficient (Wildman–Crippen LogP) is 2.50. The summed E-state index contributed by atoms with van der Waals surface area (Å²) in [5.41, 5.74) is 2.40. The lowest BCUT2D eigenvalue weighted by molar-refractivity contribution is 0.102. The van der Waals surface area contributed by atoms with E-state index in [0.29, 0.717) is 40.2 Å². The van der Waals surface area contributed by atoms with Crippen LogP contribution in [0.5, 0.6) is 5.75 Å². The number of ether oxygens (including phenoxy) is 1. The highest BCUT2D eigenvalue weighted by Gasteiger charge is 2.14. The normalized spacial score (nSPS) is 10.7. The lowest BCUT2D eigenvalue weighted by atomic mass is 10.1. The molecule has 2 aromatic heterocycles. The molecule has 4 rings (SSSR count). The summed E-state index contributed by atoms with van der Waals surface area (Å²) in [5, 5.41) is 22.6. The fourth-order valence-electron chi connectivity index (χ4n) is 2.72. The van der Waals surface area contributed by atoms with Crippen molar-refractivity contribution < 1.29 is 13.9 Å². The summed E-state index contributed by atoms with van der Waals surface area (Å²) < 4.78 is 10.8. The second-order valence-electron chi connectivity index (χ2n) is 6.18. The van der Waals surface area contributed by atoms with Gasteiger partial charge >= 0.3 is 0 Å². The van der Waals surface area contributed by atoms with Crippen molar-refractivity contribution in [2.24, 2.45) is 7.05 Å². The number of anilines is 1. The third kappa shape index (κ3) is 3.81. The minimum absolute atomic E-state index is 0.291. The van der Waals surface area contributed by atoms with Crippen molar-refractivity contribution in [1.29, 1.82) is 0 Å². The number of benzene rings is 2. The molecule has 0 spiro atoms. The van der Waals surface area contributed by atoms with Gasteiger partial charge in [-0.1, -0.05) is 12.1 Å². The third-order valence-corrected chi connectivity index (χ3v) is 4.13. The molecule has 29 heavy (non-hydrogen) atoms. The largest absolute Gasteiger partial charge is 0.495 e. The number of nitrogens with one attached hydrogen (secondary N) is 1. The highest BCUT2D eigenvalue weighted by Crippen LogP contribution is 2.30. The summed E-state index contributed by atoms with van der Waals surface area (Å²) in [6.45, 7) is 1.71. The highest BCUT2D eigenvalue weighted by atomic mass is 16.5. The first-order valence-electron chi connectivity index (χ1n) is 8.68. The van der Waals surface area contributed by atoms with Crippen molar-refractivity contribution in [3.8, 4) is 28.6 Å². The van der Waals surface area contributed by atoms with E-state index in [1.54, 1.807) is 56.4 Å². The van der Waals surface area contributed by atoms with Gasteiger partial charge in [0.1, 0.15) is 5.75 Å². The van der Waals surface area contributed by atoms with Crippen LogP contribution in [0.2, 0.25) is 0 Å². The number of carbonyl (C=O) groups excluding carboxylic acids is 1. The van der Waals surface area contributed by atoms with Gasteiger partial charge in [-0.05, 0) is 35.5 Å². The summed E-state index contributed by atoms with van der Waals surface area (Å²) in [4.78, 5) is 14.1. The highest BCUT2D eigenvalue weighted by molar-refractivity contribution is 6.05. The molecule has 0 aliphatic rings. The van der Waals surface area contributed by atoms with E-state index in [4.69, 9.17) is 9.15 Å². The molecular weight excluding hydrogens is 374 g/mol. The van der Waals surface area contributed by atoms with Gasteiger partial charge in [-0.3, -0.25) is 4.79 Å². The molecule has 146 valence electrons. The van der Waals surface area contributed by atoms with Crippen LogP contribution in [0.1, 0.15) is 16.2 Å². The summed E-state index contributed by atoms with van der Waals surface area (Å²) in [6.07, 6.45) is 0. The van der Waals surface area contributed by atoms with Gasteiger partial charge in [-0.25, -0.2) is 0 Å². The SMILES string of the molecule is COc1ccc(-c2nnc(C)o2)cc1NC(=O)c1ccc(-c2nnn(C)n2)cc1. The van der Waals surface area contributed by atoms with E-state index in [1.807, 2.05) is 0 Å². The van der Waals surface area contributed by atoms with Crippen LogP contribution in [0.15, 0.2) is 46.9 Å². The van der Waals surface area contributed by atoms with Gasteiger partial charge in [0.25, 0.3) is 5.91 Å². The predicted molar refractivity (Wildman–Crippen MR) is 103 cm³/mol. The van der Waals surface area contributed by atoms with Crippen LogP contribution in [-0.2, 0) is 7.05 Å². The van der Waals surface area contributed by atoms with Gasteiger partial charge in [0.15, 0.2) is 0 Å². The maximum Gasteiger partial charge on any atom is 0.255 e. The minimum atomic E-state index is -0.291. The quantitative estimate of drug-likeness (QED) is 0.551. The first-order chi connectivity index (χ1) is 14.0. The Kier molecular flexibility index (Phi) is 4.73. The van der Waals surface area contributed by atoms with E-state index in [2.05, 4.69) is 30.9 Å². The van der Waals surface area contributed by atoms with Gasteiger partial charge in [-0.15, -0.1) is 20.4 Å². The molecule has 0 saturated carbocycles. The molecule has 0 bridgehead atoms. The Balaban J connectivity index is 1.57. The van der Waals surface area contributed by atoms with E-state index < -0.39 is 0 Å². The van der Waals surface area contributed by atoms with Crippen molar-refractivity contribution in [1.82, 2.24) is 30.4 Å². The maximum absolute atomic E-state index is 12.7. The Morgan fingerprint density at radius 3 is 2.45 bits per heavy atom. The zero-order valence-corrected chi connectivity index (χ0v) is 15.9. The molecule has 1 N–H and O–H groups in total. The molecule has 0 fully saturated rings. The first kappa shape index (κ1) is 18.3. The zero-order valence-electron chi connectivity index (χ0n) is 15.9. The van der Waals surface area contributed by atoms with Gasteiger partial charge in [0, 0.05) is 23.6 Å². The topological polar surface area (TPSA) is 121 Å². The summed E-state index contributed by atoms with van der Waals surface area (Å²) in [6, 6.07) is 12.2. The number of carbonyl (C=O) groups is 1. The Morgan fingerprint density at radius 2 is 1.83 bits per heavy atom. The van der Waals surface area contributed by atoms with Crippen molar-refractivity contribution in [3.63, 3.8) is 0 Å². The Labute approximate surface area is 165 Å². The van der Waals surface area contributed by atoms with Crippen molar-refractivity contribution >= 4 is 11.6 Å². The standard InChI is InChI=1S/C19H17N7O3/c1-11-21-23-19(29-11)14-8-9-16(28-3)15(10-14)20-18(27)13-6-4-12(5-7-13)17-22-25-26(2)24-17/h4-10H,1-3H3,(H,20,27). The van der Waals surface area contributed by atoms with Gasteiger partial charge in [0.05, 0.1) is 19.8 Å². The van der Waals surface area contributed by atoms with Crippen LogP contribution in [0, 0.1) is 6.92 Å². The fourth-order valence-corrected chi connectivity index (χ4v) is 2.72. The molecule has 0 aliphatic heterocycles. The molecule has 4 aromatic rings. The number of aromatic nitrogens is 6. The average Bonchev–Trinajstić information content (AvgIpc) is 3.36. The van der Waals surface area contributed by atoms with E-state index in [9.17, 15) is 4.79 Å². The number of aryl methyl sites for hydroxylation is 2. The van der Waals surface area contributed by atoms with Crippen molar-refractivity contribution in [2.75, 3.05) is 12.4 Å². The van der Waals surface area contributed by atoms with Crippen LogP contribution in [0.3, 0.4) is 0 Å². The van der Waals surface area contributed by atoms with Crippen molar-refractivity contribution in [2.45, 2.75) is 6.92 Å². The molecule has 0 radical (unpaired) electrons. The Morgan fingerprint density at radius 1 is 1.07 bits per heavy atom. The molecule has 2 aromatic carbocycles. The van der Waals surface area contributed by atoms with Gasteiger partial charge < -0.3 is 14.5 Å². The van der Waals surface area contributed by atoms with Gasteiger partial charge in [-0.2, -0.15) is 4.80 Å². The lowest BCUT2D eigenvalue weighted by Crippen LogP contribution is -2.12. The average molecular weight is 391 g/mol. The zero-order chi connectivity index (χ0) is 20.4. The first-order valence-corrected chi connectivity index (χ1v) is 8.68. The molecular formula is C19H17N7O3. The van der Waals surface area contributed by atoms with Crippen LogP contribution < -0.4 is 10.1 Å². The van der Waals surface area contributed by atoms with E-state index in [1.165, 1.54) is 11.9 Å². The lowest BCUT2D eigenvalue weighted by Gasteiger charge is -2.11. The number of tetrazole rings is 1. The van der Waals surface area contributed by atoms with Gasteiger partial charge in [0.2, 0.25) is 17.6 Å². The minimum Gasteiger partial charge on any atom is -0.495 e. The van der Waals surface area contributed by atoms with Crippen LogP contribution >= 0.6 is 0 Å². The number of hydrogen-bond acceptors (Lipinski definition) is 8. The second kappa shape index (κ2) is 7.50. The van der Waals surface area contributed by atoms with Crippen molar-refractivity contribution in [3.05, 3.63) is 53.9 Å². The second-order valence-corrected chi connectivity index (χ2v) is 6.18. The molecule has 1 amide bonds. The van der Waals surface area contributed by atoms with E-state index >= 15 is 0 Å². The number of hydrogen-bond donors (Lipinski definition) is 1. The fraction of sp³-hybridized carbons (Fsp3) is 0.158. The molecule has 0 aliphatic carbocycles. The van der Waals surface area contributed by atoms with Crippen LogP contribution in [0.25, 0.3) is 22.8 Å².